The first-order valence-corrected chi connectivity index (χ1v) is 9.73. The highest BCUT2D eigenvalue weighted by Gasteiger charge is 2.24. The molecule has 28 heavy (non-hydrogen) atoms. The number of esters is 1. The van der Waals surface area contributed by atoms with E-state index in [1.165, 1.54) is 7.11 Å². The van der Waals surface area contributed by atoms with Crippen LogP contribution in [0.25, 0.3) is 0 Å². The van der Waals surface area contributed by atoms with E-state index in [-0.39, 0.29) is 19.6 Å². The molecule has 1 saturated heterocycles. The van der Waals surface area contributed by atoms with Gasteiger partial charge in [-0.2, -0.15) is 4.39 Å². The summed E-state index contributed by atoms with van der Waals surface area (Å²) in [5.41, 5.74) is -2.04. The van der Waals surface area contributed by atoms with Gasteiger partial charge in [0.05, 0.1) is 18.9 Å². The van der Waals surface area contributed by atoms with Gasteiger partial charge in [-0.3, -0.25) is 14.2 Å². The fourth-order valence-corrected chi connectivity index (χ4v) is 3.01. The van der Waals surface area contributed by atoms with E-state index in [0.717, 1.165) is 17.2 Å². The van der Waals surface area contributed by atoms with Gasteiger partial charge in [0.25, 0.3) is 5.56 Å². The van der Waals surface area contributed by atoms with Crippen LogP contribution in [0.2, 0.25) is 0 Å². The van der Waals surface area contributed by atoms with Crippen molar-refractivity contribution in [3.05, 3.63) is 32.9 Å². The van der Waals surface area contributed by atoms with Gasteiger partial charge in [0.2, 0.25) is 5.82 Å². The molecule has 11 nitrogen and oxygen atoms in total. The summed E-state index contributed by atoms with van der Waals surface area (Å²) >= 11 is 0. The van der Waals surface area contributed by atoms with E-state index in [1.54, 1.807) is 0 Å². The lowest BCUT2D eigenvalue weighted by Crippen LogP contribution is -2.43. The molecule has 158 valence electrons. The van der Waals surface area contributed by atoms with Crippen LogP contribution in [0, 0.1) is 5.82 Å². The van der Waals surface area contributed by atoms with Crippen LogP contribution in [0.1, 0.15) is 19.3 Å². The fraction of sp³-hybridized carbons (Fsp3) is 0.667. The van der Waals surface area contributed by atoms with E-state index in [2.05, 4.69) is 9.84 Å². The summed E-state index contributed by atoms with van der Waals surface area (Å²) < 4.78 is 30.1. The number of nitrogens with one attached hydrogen (secondary N) is 1. The van der Waals surface area contributed by atoms with Gasteiger partial charge in [-0.1, -0.05) is 0 Å². The van der Waals surface area contributed by atoms with Gasteiger partial charge in [-0.25, -0.2) is 9.36 Å². The van der Waals surface area contributed by atoms with Crippen LogP contribution >= 0.6 is 8.60 Å². The van der Waals surface area contributed by atoms with Crippen LogP contribution < -0.4 is 16.6 Å². The SMILES string of the molecule is COC(CCn1cc(F)c(=O)n(COC(=O)C2CCCN2)c1=O)COP(O)O. The summed E-state index contributed by atoms with van der Waals surface area (Å²) in [6.45, 7) is -0.198. The Balaban J connectivity index is 2.06. The lowest BCUT2D eigenvalue weighted by atomic mass is 10.2. The molecule has 1 aliphatic heterocycles. The largest absolute Gasteiger partial charge is 0.442 e. The van der Waals surface area contributed by atoms with E-state index < -0.39 is 50.5 Å². The summed E-state index contributed by atoms with van der Waals surface area (Å²) in [6, 6.07) is -0.502. The Hall–Kier alpha value is -1.69. The van der Waals surface area contributed by atoms with Gasteiger partial charge in [0, 0.05) is 13.7 Å². The number of aromatic nitrogens is 2. The minimum atomic E-state index is -2.55. The number of ether oxygens (including phenoxy) is 2. The molecule has 0 saturated carbocycles. The van der Waals surface area contributed by atoms with Gasteiger partial charge in [0.1, 0.15) is 6.04 Å². The van der Waals surface area contributed by atoms with E-state index in [1.807, 2.05) is 0 Å². The minimum absolute atomic E-state index is 0.0369. The molecule has 2 unspecified atom stereocenters. The number of carbonyl (C=O) groups is 1. The van der Waals surface area contributed by atoms with E-state index in [9.17, 15) is 18.8 Å². The molecule has 2 rings (SSSR count). The molecule has 0 radical (unpaired) electrons. The number of halogens is 1. The second-order valence-corrected chi connectivity index (χ2v) is 6.89. The van der Waals surface area contributed by atoms with Crippen LogP contribution in [0.5, 0.6) is 0 Å². The van der Waals surface area contributed by atoms with Crippen LogP contribution in [0.4, 0.5) is 4.39 Å². The average molecular weight is 423 g/mol. The highest BCUT2D eigenvalue weighted by molar-refractivity contribution is 7.39. The number of rotatable bonds is 10. The third-order valence-corrected chi connectivity index (χ3v) is 4.66. The van der Waals surface area contributed by atoms with Crippen LogP contribution in [0.15, 0.2) is 15.8 Å². The first-order valence-electron chi connectivity index (χ1n) is 8.57. The maximum Gasteiger partial charge on any atom is 0.333 e. The fourth-order valence-electron chi connectivity index (χ4n) is 2.71. The van der Waals surface area contributed by atoms with Gasteiger partial charge >= 0.3 is 20.3 Å². The van der Waals surface area contributed by atoms with Crippen molar-refractivity contribution < 1.29 is 33.0 Å². The number of carbonyl (C=O) groups excluding carboxylic acids is 1. The van der Waals surface area contributed by atoms with Crippen molar-refractivity contribution in [2.24, 2.45) is 0 Å². The predicted molar refractivity (Wildman–Crippen MR) is 94.8 cm³/mol. The minimum Gasteiger partial charge on any atom is -0.442 e. The number of hydrogen-bond acceptors (Lipinski definition) is 9. The number of nitrogens with zero attached hydrogens (tertiary/aromatic N) is 2. The third kappa shape index (κ3) is 6.16. The highest BCUT2D eigenvalue weighted by atomic mass is 31.2. The zero-order valence-corrected chi connectivity index (χ0v) is 16.1. The van der Waals surface area contributed by atoms with Gasteiger partial charge < -0.3 is 29.1 Å². The van der Waals surface area contributed by atoms with Crippen LogP contribution in [-0.4, -0.2) is 57.3 Å². The van der Waals surface area contributed by atoms with Crippen molar-refractivity contribution in [2.75, 3.05) is 20.3 Å². The molecule has 1 aromatic heterocycles. The van der Waals surface area contributed by atoms with Gasteiger partial charge in [-0.05, 0) is 25.8 Å². The molecular weight excluding hydrogens is 400 g/mol. The normalized spacial score (nSPS) is 17.8. The monoisotopic (exact) mass is 423 g/mol. The molecule has 2 heterocycles. The topological polar surface area (TPSA) is 141 Å². The number of methoxy groups -OCH3 is 1. The van der Waals surface area contributed by atoms with Crippen molar-refractivity contribution in [3.8, 4) is 0 Å². The Morgan fingerprint density at radius 2 is 2.21 bits per heavy atom. The van der Waals surface area contributed by atoms with Crippen molar-refractivity contribution in [3.63, 3.8) is 0 Å². The quantitative estimate of drug-likeness (QED) is 0.320. The maximum absolute atomic E-state index is 13.9. The second-order valence-electron chi connectivity index (χ2n) is 6.12. The summed E-state index contributed by atoms with van der Waals surface area (Å²) in [4.78, 5) is 53.8. The Morgan fingerprint density at radius 1 is 1.46 bits per heavy atom. The van der Waals surface area contributed by atoms with Crippen molar-refractivity contribution >= 4 is 14.6 Å². The molecule has 0 spiro atoms. The highest BCUT2D eigenvalue weighted by Crippen LogP contribution is 2.24. The lowest BCUT2D eigenvalue weighted by Gasteiger charge is -2.17. The molecule has 0 amide bonds. The van der Waals surface area contributed by atoms with Crippen molar-refractivity contribution in [1.29, 1.82) is 0 Å². The number of hydrogen-bond donors (Lipinski definition) is 3. The molecule has 1 aliphatic rings. The van der Waals surface area contributed by atoms with Crippen LogP contribution in [-0.2, 0) is 32.1 Å². The summed E-state index contributed by atoms with van der Waals surface area (Å²) in [5.74, 6) is -1.78. The smallest absolute Gasteiger partial charge is 0.333 e. The molecule has 2 atom stereocenters. The van der Waals surface area contributed by atoms with Crippen LogP contribution in [0.3, 0.4) is 0 Å². The average Bonchev–Trinajstić information content (AvgIpc) is 3.20. The maximum atomic E-state index is 13.9. The number of aryl methyl sites for hydroxylation is 1. The predicted octanol–water partition coefficient (Wildman–Crippen LogP) is -0.965. The van der Waals surface area contributed by atoms with Gasteiger partial charge in [-0.15, -0.1) is 0 Å². The second kappa shape index (κ2) is 10.7. The Bertz CT molecular complexity index is 778. The van der Waals surface area contributed by atoms with Crippen molar-refractivity contribution in [1.82, 2.24) is 14.5 Å². The zero-order valence-electron chi connectivity index (χ0n) is 15.2. The molecule has 0 aromatic carbocycles. The molecule has 3 N–H and O–H groups in total. The molecular formula is C15H23FN3O8P. The Morgan fingerprint density at radius 3 is 2.82 bits per heavy atom. The first kappa shape index (κ1) is 22.6. The molecule has 0 aliphatic carbocycles. The third-order valence-electron chi connectivity index (χ3n) is 4.28. The van der Waals surface area contributed by atoms with Crippen molar-refractivity contribution in [2.45, 2.75) is 44.7 Å². The zero-order chi connectivity index (χ0) is 20.7. The lowest BCUT2D eigenvalue weighted by molar-refractivity contribution is -0.149. The first-order chi connectivity index (χ1) is 13.3. The summed E-state index contributed by atoms with van der Waals surface area (Å²) in [5, 5.41) is 2.92. The van der Waals surface area contributed by atoms with E-state index in [0.29, 0.717) is 17.5 Å². The Labute approximate surface area is 160 Å². The summed E-state index contributed by atoms with van der Waals surface area (Å²) in [6.07, 6.45) is 1.74. The molecule has 13 heteroatoms. The van der Waals surface area contributed by atoms with Gasteiger partial charge in [0.15, 0.2) is 6.73 Å². The summed E-state index contributed by atoms with van der Waals surface area (Å²) in [7, 11) is -1.18. The van der Waals surface area contributed by atoms with E-state index >= 15 is 0 Å². The Kier molecular flexibility index (Phi) is 8.67. The standard InChI is InChI=1S/C15H23FN3O8P/c1-25-10(8-27-28(23)24)4-6-18-7-11(16)13(20)19(15(18)22)9-26-14(21)12-3-2-5-17-12/h7,10,12,17,23-24H,2-6,8-9H2,1H3. The van der Waals surface area contributed by atoms with E-state index in [4.69, 9.17) is 19.3 Å². The molecule has 1 aromatic rings. The molecule has 1 fully saturated rings. The molecule has 0 bridgehead atoms.